The van der Waals surface area contributed by atoms with Crippen molar-refractivity contribution in [3.63, 3.8) is 0 Å². The molecule has 0 radical (unpaired) electrons. The molecule has 31 heavy (non-hydrogen) atoms. The molecule has 4 nitrogen and oxygen atoms in total. The van der Waals surface area contributed by atoms with Crippen LogP contribution in [0, 0.1) is 31.0 Å². The number of benzene rings is 2. The zero-order valence-corrected chi connectivity index (χ0v) is 19.1. The largest absolute Gasteiger partial charge is 0.366 e. The lowest BCUT2D eigenvalue weighted by atomic mass is 9.79. The van der Waals surface area contributed by atoms with Crippen molar-refractivity contribution in [2.75, 3.05) is 16.8 Å². The number of nitriles is 1. The van der Waals surface area contributed by atoms with Gasteiger partial charge in [-0.05, 0) is 82.4 Å². The molecule has 1 unspecified atom stereocenters. The number of aryl methyl sites for hydroxylation is 2. The number of hydrogen-bond acceptors (Lipinski definition) is 3. The van der Waals surface area contributed by atoms with Gasteiger partial charge in [0.2, 0.25) is 0 Å². The van der Waals surface area contributed by atoms with Gasteiger partial charge in [-0.25, -0.2) is 4.39 Å². The third-order valence-corrected chi connectivity index (χ3v) is 6.12. The number of hydrogen-bond donors (Lipinski definition) is 1. The summed E-state index contributed by atoms with van der Waals surface area (Å²) in [5.74, 6) is -0.736. The van der Waals surface area contributed by atoms with E-state index in [1.165, 1.54) is 6.08 Å². The van der Waals surface area contributed by atoms with Gasteiger partial charge in [0.05, 0.1) is 0 Å². The van der Waals surface area contributed by atoms with Gasteiger partial charge >= 0.3 is 0 Å². The Morgan fingerprint density at radius 2 is 2.03 bits per heavy atom. The number of nitrogens with zero attached hydrogens (tertiary/aromatic N) is 2. The molecular formula is C26H30FN3O. The van der Waals surface area contributed by atoms with Gasteiger partial charge in [-0.15, -0.1) is 0 Å². The Balaban J connectivity index is 1.97. The normalized spacial score (nSPS) is 17.7. The lowest BCUT2D eigenvalue weighted by molar-refractivity contribution is -0.112. The summed E-state index contributed by atoms with van der Waals surface area (Å²) in [7, 11) is 0. The van der Waals surface area contributed by atoms with Crippen LogP contribution in [0.15, 0.2) is 35.9 Å². The first-order valence-electron chi connectivity index (χ1n) is 10.7. The Hall–Kier alpha value is -3.13. The highest BCUT2D eigenvalue weighted by atomic mass is 19.1. The number of amides is 1. The molecule has 1 N–H and O–H groups in total. The highest BCUT2D eigenvalue weighted by Crippen LogP contribution is 2.44. The maximum atomic E-state index is 15.0. The molecule has 0 saturated heterocycles. The summed E-state index contributed by atoms with van der Waals surface area (Å²) in [5, 5.41) is 12.3. The highest BCUT2D eigenvalue weighted by molar-refractivity contribution is 6.10. The average Bonchev–Trinajstić information content (AvgIpc) is 2.68. The second-order valence-electron chi connectivity index (χ2n) is 9.04. The van der Waals surface area contributed by atoms with E-state index in [-0.39, 0.29) is 22.6 Å². The number of nitrogens with one attached hydrogen (secondary N) is 1. The van der Waals surface area contributed by atoms with E-state index in [9.17, 15) is 10.1 Å². The number of carbonyl (C=O) groups excluding carboxylic acids is 1. The summed E-state index contributed by atoms with van der Waals surface area (Å²) in [6.07, 6.45) is 2.29. The first-order valence-corrected chi connectivity index (χ1v) is 10.7. The third-order valence-electron chi connectivity index (χ3n) is 6.12. The van der Waals surface area contributed by atoms with Gasteiger partial charge < -0.3 is 10.2 Å². The van der Waals surface area contributed by atoms with Gasteiger partial charge in [0.1, 0.15) is 17.5 Å². The molecule has 2 aromatic carbocycles. The maximum Gasteiger partial charge on any atom is 0.266 e. The van der Waals surface area contributed by atoms with Gasteiger partial charge in [0.15, 0.2) is 0 Å². The van der Waals surface area contributed by atoms with Crippen LogP contribution in [0.5, 0.6) is 0 Å². The average molecular weight is 420 g/mol. The second kappa shape index (κ2) is 8.55. The fourth-order valence-corrected chi connectivity index (χ4v) is 4.68. The molecule has 3 rings (SSSR count). The SMILES string of the molecule is CCN1c2cc(F)c(/C=C(\C#N)C(=O)Nc3ccc(C)cc3C)cc2C(C)CC1(C)C. The molecular weight excluding hydrogens is 389 g/mol. The summed E-state index contributed by atoms with van der Waals surface area (Å²) >= 11 is 0. The van der Waals surface area contributed by atoms with E-state index in [1.807, 2.05) is 32.0 Å². The first kappa shape index (κ1) is 22.6. The second-order valence-corrected chi connectivity index (χ2v) is 9.04. The van der Waals surface area contributed by atoms with E-state index in [4.69, 9.17) is 0 Å². The first-order chi connectivity index (χ1) is 14.6. The maximum absolute atomic E-state index is 15.0. The van der Waals surface area contributed by atoms with Gasteiger partial charge in [-0.2, -0.15) is 5.26 Å². The molecule has 1 heterocycles. The van der Waals surface area contributed by atoms with Crippen molar-refractivity contribution in [1.29, 1.82) is 5.26 Å². The Bertz CT molecular complexity index is 1090. The third kappa shape index (κ3) is 4.49. The molecule has 2 aromatic rings. The van der Waals surface area contributed by atoms with E-state index in [0.29, 0.717) is 5.69 Å². The molecule has 1 amide bonds. The molecule has 162 valence electrons. The molecule has 0 bridgehead atoms. The van der Waals surface area contributed by atoms with Gasteiger partial charge in [-0.3, -0.25) is 4.79 Å². The van der Waals surface area contributed by atoms with Crippen molar-refractivity contribution in [1.82, 2.24) is 0 Å². The van der Waals surface area contributed by atoms with E-state index in [1.54, 1.807) is 18.2 Å². The monoisotopic (exact) mass is 419 g/mol. The fourth-order valence-electron chi connectivity index (χ4n) is 4.68. The lowest BCUT2D eigenvalue weighted by Crippen LogP contribution is -2.48. The van der Waals surface area contributed by atoms with Crippen LogP contribution < -0.4 is 10.2 Å². The van der Waals surface area contributed by atoms with Crippen LogP contribution in [0.25, 0.3) is 6.08 Å². The molecule has 0 aromatic heterocycles. The lowest BCUT2D eigenvalue weighted by Gasteiger charge is -2.47. The Kier molecular flexibility index (Phi) is 6.22. The zero-order valence-electron chi connectivity index (χ0n) is 19.1. The van der Waals surface area contributed by atoms with Crippen molar-refractivity contribution in [2.24, 2.45) is 0 Å². The summed E-state index contributed by atoms with van der Waals surface area (Å²) in [6, 6.07) is 10.9. The molecule has 0 aliphatic carbocycles. The summed E-state index contributed by atoms with van der Waals surface area (Å²) in [5.41, 5.74) is 4.62. The minimum atomic E-state index is -0.545. The number of carbonyl (C=O) groups is 1. The van der Waals surface area contributed by atoms with Gasteiger partial charge in [0.25, 0.3) is 5.91 Å². The molecule has 0 fully saturated rings. The predicted molar refractivity (Wildman–Crippen MR) is 125 cm³/mol. The van der Waals surface area contributed by atoms with Crippen LogP contribution in [0.3, 0.4) is 0 Å². The fraction of sp³-hybridized carbons (Fsp3) is 0.385. The van der Waals surface area contributed by atoms with Crippen molar-refractivity contribution in [3.05, 3.63) is 64.0 Å². The Morgan fingerprint density at radius 3 is 2.65 bits per heavy atom. The van der Waals surface area contributed by atoms with E-state index in [2.05, 4.69) is 37.9 Å². The minimum absolute atomic E-state index is 0.0610. The van der Waals surface area contributed by atoms with Crippen LogP contribution in [-0.4, -0.2) is 18.0 Å². The van der Waals surface area contributed by atoms with E-state index >= 15 is 4.39 Å². The van der Waals surface area contributed by atoms with Gasteiger partial charge in [0, 0.05) is 29.0 Å². The zero-order chi connectivity index (χ0) is 22.9. The Morgan fingerprint density at radius 1 is 1.32 bits per heavy atom. The van der Waals surface area contributed by atoms with E-state index < -0.39 is 11.7 Å². The number of rotatable bonds is 4. The molecule has 1 aliphatic rings. The van der Waals surface area contributed by atoms with Crippen LogP contribution in [0.4, 0.5) is 15.8 Å². The molecule has 5 heteroatoms. The van der Waals surface area contributed by atoms with Crippen LogP contribution in [-0.2, 0) is 4.79 Å². The summed E-state index contributed by atoms with van der Waals surface area (Å²) < 4.78 is 15.0. The number of anilines is 2. The van der Waals surface area contributed by atoms with Crippen molar-refractivity contribution < 1.29 is 9.18 Å². The van der Waals surface area contributed by atoms with Crippen molar-refractivity contribution >= 4 is 23.4 Å². The van der Waals surface area contributed by atoms with Gasteiger partial charge in [-0.1, -0.05) is 24.6 Å². The topological polar surface area (TPSA) is 56.1 Å². The van der Waals surface area contributed by atoms with Crippen LogP contribution in [0.2, 0.25) is 0 Å². The van der Waals surface area contributed by atoms with Crippen LogP contribution in [0.1, 0.15) is 62.3 Å². The number of fused-ring (bicyclic) bond motifs is 1. The quantitative estimate of drug-likeness (QED) is 0.481. The van der Waals surface area contributed by atoms with E-state index in [0.717, 1.165) is 35.3 Å². The van der Waals surface area contributed by atoms with Crippen molar-refractivity contribution in [2.45, 2.75) is 59.4 Å². The minimum Gasteiger partial charge on any atom is -0.366 e. The Labute approximate surface area is 184 Å². The predicted octanol–water partition coefficient (Wildman–Crippen LogP) is 6.10. The summed E-state index contributed by atoms with van der Waals surface area (Å²) in [4.78, 5) is 14.9. The molecule has 1 aliphatic heterocycles. The summed E-state index contributed by atoms with van der Waals surface area (Å²) in [6.45, 7) is 13.2. The smallest absolute Gasteiger partial charge is 0.266 e. The van der Waals surface area contributed by atoms with Crippen LogP contribution >= 0.6 is 0 Å². The molecule has 0 saturated carbocycles. The standard InChI is InChI=1S/C26H30FN3O/c1-7-30-24-13-22(27)19(12-21(24)18(4)14-26(30,5)6)11-20(15-28)25(31)29-23-9-8-16(2)10-17(23)3/h8-13,18H,7,14H2,1-6H3,(H,29,31)/b20-11+. The number of halogens is 1. The van der Waals surface area contributed by atoms with Crippen molar-refractivity contribution in [3.8, 4) is 6.07 Å². The molecule has 1 atom stereocenters. The molecule has 0 spiro atoms. The highest BCUT2D eigenvalue weighted by Gasteiger charge is 2.36.